The number of ether oxygens (including phenoxy) is 1. The first-order valence-electron chi connectivity index (χ1n) is 11.5. The van der Waals surface area contributed by atoms with Crippen LogP contribution >= 0.6 is 11.3 Å². The van der Waals surface area contributed by atoms with E-state index in [1.54, 1.807) is 23.6 Å². The van der Waals surface area contributed by atoms with Gasteiger partial charge in [0.05, 0.1) is 11.7 Å². The number of aromatic nitrogens is 5. The Morgan fingerprint density at radius 3 is 2.83 bits per heavy atom. The van der Waals surface area contributed by atoms with Crippen molar-refractivity contribution in [1.29, 1.82) is 0 Å². The monoisotopic (exact) mass is 502 g/mol. The average molecular weight is 503 g/mol. The minimum Gasteiger partial charge on any atom is -0.507 e. The van der Waals surface area contributed by atoms with Crippen LogP contribution in [0.15, 0.2) is 53.5 Å². The van der Waals surface area contributed by atoms with E-state index in [9.17, 15) is 9.50 Å². The van der Waals surface area contributed by atoms with Crippen LogP contribution in [0.4, 0.5) is 10.2 Å². The summed E-state index contributed by atoms with van der Waals surface area (Å²) in [5.74, 6) is 0.692. The van der Waals surface area contributed by atoms with Crippen molar-refractivity contribution in [3.8, 4) is 34.3 Å². The van der Waals surface area contributed by atoms with Crippen LogP contribution < -0.4 is 10.1 Å². The number of rotatable bonds is 6. The molecule has 5 heterocycles. The predicted molar refractivity (Wildman–Crippen MR) is 137 cm³/mol. The third kappa shape index (κ3) is 3.93. The number of halogens is 1. The molecule has 2 N–H and O–H groups in total. The second-order valence-corrected chi connectivity index (χ2v) is 10.1. The van der Waals surface area contributed by atoms with Gasteiger partial charge in [0.2, 0.25) is 0 Å². The number of pyridine rings is 1. The summed E-state index contributed by atoms with van der Waals surface area (Å²) in [5, 5.41) is 17.7. The standard InChI is InChI=1S/C26H23FN6O2S/c1-26(2)14-35-25-30-21-23(31-22(32-24(21)33(25)26)17-10-18(27)12-28-11-17)29-7-5-15-3-4-20(34)19(9-15)16-6-8-36-13-16/h3-4,6,8-13,34H,5,7,14H2,1-2H3,(H,29,31,32). The minimum absolute atomic E-state index is 0.256. The fourth-order valence-corrected chi connectivity index (χ4v) is 5.04. The molecule has 0 fully saturated rings. The van der Waals surface area contributed by atoms with E-state index >= 15 is 0 Å². The summed E-state index contributed by atoms with van der Waals surface area (Å²) < 4.78 is 21.7. The molecule has 182 valence electrons. The Morgan fingerprint density at radius 2 is 2.03 bits per heavy atom. The minimum atomic E-state index is -0.457. The molecular weight excluding hydrogens is 479 g/mol. The van der Waals surface area contributed by atoms with Gasteiger partial charge in [-0.3, -0.25) is 9.55 Å². The molecule has 10 heteroatoms. The van der Waals surface area contributed by atoms with Gasteiger partial charge in [0.15, 0.2) is 22.8 Å². The van der Waals surface area contributed by atoms with E-state index in [-0.39, 0.29) is 11.3 Å². The number of nitrogens with zero attached hydrogens (tertiary/aromatic N) is 5. The second kappa shape index (κ2) is 8.56. The van der Waals surface area contributed by atoms with Gasteiger partial charge < -0.3 is 15.2 Å². The molecule has 0 amide bonds. The number of hydrogen-bond acceptors (Lipinski definition) is 8. The first-order valence-corrected chi connectivity index (χ1v) is 12.5. The third-order valence-corrected chi connectivity index (χ3v) is 6.88. The maximum absolute atomic E-state index is 13.9. The molecule has 1 aliphatic rings. The molecule has 0 saturated carbocycles. The Kier molecular flexibility index (Phi) is 5.33. The van der Waals surface area contributed by atoms with Crippen LogP contribution in [0.5, 0.6) is 11.8 Å². The summed E-state index contributed by atoms with van der Waals surface area (Å²) in [4.78, 5) is 18.0. The molecule has 0 saturated heterocycles. The molecule has 0 aliphatic carbocycles. The van der Waals surface area contributed by atoms with Crippen molar-refractivity contribution in [3.05, 3.63) is 64.9 Å². The van der Waals surface area contributed by atoms with Crippen molar-refractivity contribution in [2.45, 2.75) is 25.8 Å². The van der Waals surface area contributed by atoms with Crippen LogP contribution in [-0.4, -0.2) is 42.8 Å². The molecule has 1 aromatic carbocycles. The van der Waals surface area contributed by atoms with Gasteiger partial charge in [0.25, 0.3) is 6.01 Å². The van der Waals surface area contributed by atoms with Gasteiger partial charge in [-0.1, -0.05) is 6.07 Å². The van der Waals surface area contributed by atoms with Crippen molar-refractivity contribution in [2.24, 2.45) is 0 Å². The topological polar surface area (TPSA) is 98.0 Å². The van der Waals surface area contributed by atoms with E-state index in [0.717, 1.165) is 22.9 Å². The number of hydrogen-bond donors (Lipinski definition) is 2. The smallest absolute Gasteiger partial charge is 0.299 e. The van der Waals surface area contributed by atoms with Crippen LogP contribution in [0.2, 0.25) is 0 Å². The highest BCUT2D eigenvalue weighted by molar-refractivity contribution is 7.08. The van der Waals surface area contributed by atoms with E-state index in [0.29, 0.717) is 54.0 Å². The molecule has 0 atom stereocenters. The van der Waals surface area contributed by atoms with Gasteiger partial charge in [-0.05, 0) is 66.4 Å². The van der Waals surface area contributed by atoms with Gasteiger partial charge in [0.1, 0.15) is 18.2 Å². The normalized spacial score (nSPS) is 14.1. The highest BCUT2D eigenvalue weighted by Crippen LogP contribution is 2.37. The van der Waals surface area contributed by atoms with E-state index in [4.69, 9.17) is 9.72 Å². The molecule has 0 radical (unpaired) electrons. The van der Waals surface area contributed by atoms with Crippen molar-refractivity contribution in [2.75, 3.05) is 18.5 Å². The highest BCUT2D eigenvalue weighted by Gasteiger charge is 2.36. The lowest BCUT2D eigenvalue weighted by Gasteiger charge is -2.18. The van der Waals surface area contributed by atoms with E-state index in [1.807, 2.05) is 33.5 Å². The van der Waals surface area contributed by atoms with Gasteiger partial charge >= 0.3 is 0 Å². The van der Waals surface area contributed by atoms with E-state index < -0.39 is 5.82 Å². The molecular formula is C26H23FN6O2S. The summed E-state index contributed by atoms with van der Waals surface area (Å²) in [7, 11) is 0. The molecule has 6 rings (SSSR count). The number of phenolic OH excluding ortho intramolecular Hbond substituents is 1. The van der Waals surface area contributed by atoms with Gasteiger partial charge in [-0.25, -0.2) is 14.4 Å². The van der Waals surface area contributed by atoms with Gasteiger partial charge in [0, 0.05) is 23.9 Å². The predicted octanol–water partition coefficient (Wildman–Crippen LogP) is 5.24. The Morgan fingerprint density at radius 1 is 1.14 bits per heavy atom. The number of thiophene rings is 1. The largest absolute Gasteiger partial charge is 0.507 e. The van der Waals surface area contributed by atoms with E-state index in [1.165, 1.54) is 6.07 Å². The van der Waals surface area contributed by atoms with Crippen molar-refractivity contribution >= 4 is 28.3 Å². The van der Waals surface area contributed by atoms with Crippen molar-refractivity contribution in [1.82, 2.24) is 24.5 Å². The number of nitrogens with one attached hydrogen (secondary N) is 1. The summed E-state index contributed by atoms with van der Waals surface area (Å²) in [6.07, 6.45) is 3.38. The van der Waals surface area contributed by atoms with Crippen LogP contribution in [0.25, 0.3) is 33.7 Å². The molecule has 1 aliphatic heterocycles. The highest BCUT2D eigenvalue weighted by atomic mass is 32.1. The molecule has 0 spiro atoms. The van der Waals surface area contributed by atoms with Crippen LogP contribution in [0, 0.1) is 5.82 Å². The lowest BCUT2D eigenvalue weighted by molar-refractivity contribution is 0.268. The maximum Gasteiger partial charge on any atom is 0.299 e. The number of aromatic hydroxyl groups is 1. The quantitative estimate of drug-likeness (QED) is 0.328. The zero-order chi connectivity index (χ0) is 24.9. The van der Waals surface area contributed by atoms with Crippen molar-refractivity contribution in [3.63, 3.8) is 0 Å². The Hall–Kier alpha value is -4.05. The Balaban J connectivity index is 1.34. The Labute approximate surface area is 210 Å². The summed E-state index contributed by atoms with van der Waals surface area (Å²) >= 11 is 1.59. The second-order valence-electron chi connectivity index (χ2n) is 9.33. The summed E-state index contributed by atoms with van der Waals surface area (Å²) in [5.41, 5.74) is 4.22. The fourth-order valence-electron chi connectivity index (χ4n) is 4.39. The zero-order valence-corrected chi connectivity index (χ0v) is 20.5. The summed E-state index contributed by atoms with van der Waals surface area (Å²) in [6.45, 7) is 5.16. The molecule has 36 heavy (non-hydrogen) atoms. The summed E-state index contributed by atoms with van der Waals surface area (Å²) in [6, 6.07) is 9.47. The van der Waals surface area contributed by atoms with Crippen LogP contribution in [0.1, 0.15) is 19.4 Å². The number of anilines is 1. The van der Waals surface area contributed by atoms with Crippen LogP contribution in [0.3, 0.4) is 0 Å². The molecule has 5 aromatic rings. The molecule has 8 nitrogen and oxygen atoms in total. The number of fused-ring (bicyclic) bond motifs is 3. The number of imidazole rings is 1. The lowest BCUT2D eigenvalue weighted by atomic mass is 10.0. The number of benzene rings is 1. The van der Waals surface area contributed by atoms with Crippen LogP contribution in [-0.2, 0) is 12.0 Å². The zero-order valence-electron chi connectivity index (χ0n) is 19.7. The first-order chi connectivity index (χ1) is 17.4. The Bertz CT molecular complexity index is 1580. The SMILES string of the molecule is CC1(C)COc2nc3c(NCCc4ccc(O)c(-c5ccsc5)c4)nc(-c4cncc(F)c4)nc3n21. The third-order valence-electron chi connectivity index (χ3n) is 6.20. The first kappa shape index (κ1) is 22.4. The fraction of sp³-hybridized carbons (Fsp3) is 0.231. The van der Waals surface area contributed by atoms with Gasteiger partial charge in [-0.2, -0.15) is 16.3 Å². The van der Waals surface area contributed by atoms with Gasteiger partial charge in [-0.15, -0.1) is 0 Å². The van der Waals surface area contributed by atoms with E-state index in [2.05, 4.69) is 34.1 Å². The average Bonchev–Trinajstić information content (AvgIpc) is 3.58. The molecule has 0 bridgehead atoms. The maximum atomic E-state index is 13.9. The number of phenols is 1. The molecule has 4 aromatic heterocycles. The molecule has 0 unspecified atom stereocenters. The lowest BCUT2D eigenvalue weighted by Crippen LogP contribution is -2.25. The van der Waals surface area contributed by atoms with Crippen molar-refractivity contribution < 1.29 is 14.2 Å².